The Kier molecular flexibility index (Phi) is 7.00. The van der Waals surface area contributed by atoms with Gasteiger partial charge in [0, 0.05) is 31.9 Å². The van der Waals surface area contributed by atoms with Gasteiger partial charge in [0.05, 0.1) is 12.7 Å². The van der Waals surface area contributed by atoms with Crippen LogP contribution in [0.3, 0.4) is 0 Å². The number of carbonyl (C=O) groups is 2. The summed E-state index contributed by atoms with van der Waals surface area (Å²) in [4.78, 5) is 26.0. The number of rotatable bonds is 3. The molecule has 1 aromatic rings. The molecule has 0 radical (unpaired) electrons. The van der Waals surface area contributed by atoms with Gasteiger partial charge in [-0.2, -0.15) is 0 Å². The number of aryl methyl sites for hydroxylation is 1. The van der Waals surface area contributed by atoms with Gasteiger partial charge < -0.3 is 20.3 Å². The monoisotopic (exact) mass is 341 g/mol. The molecule has 1 aliphatic rings. The minimum absolute atomic E-state index is 0. The lowest BCUT2D eigenvalue weighted by Crippen LogP contribution is -2.53. The molecule has 1 aromatic carbocycles. The molecule has 1 fully saturated rings. The number of halogens is 1. The topological polar surface area (TPSA) is 70.7 Å². The molecular formula is C16H24ClN3O3. The average molecular weight is 342 g/mol. The van der Waals surface area contributed by atoms with Crippen LogP contribution in [-0.2, 0) is 9.53 Å². The summed E-state index contributed by atoms with van der Waals surface area (Å²) in [6, 6.07) is 4.96. The second-order valence-corrected chi connectivity index (χ2v) is 5.73. The smallest absolute Gasteiger partial charge is 0.253 e. The van der Waals surface area contributed by atoms with E-state index in [4.69, 9.17) is 4.74 Å². The van der Waals surface area contributed by atoms with Gasteiger partial charge in [-0.25, -0.2) is 0 Å². The first-order valence-corrected chi connectivity index (χ1v) is 7.38. The number of nitrogens with one attached hydrogen (secondary N) is 2. The molecule has 0 saturated carbocycles. The van der Waals surface area contributed by atoms with E-state index in [9.17, 15) is 9.59 Å². The molecule has 0 unspecified atom stereocenters. The molecule has 0 spiro atoms. The molecular weight excluding hydrogens is 318 g/mol. The predicted octanol–water partition coefficient (Wildman–Crippen LogP) is 1.43. The molecule has 1 heterocycles. The third-order valence-corrected chi connectivity index (χ3v) is 3.74. The van der Waals surface area contributed by atoms with Crippen molar-refractivity contribution in [3.63, 3.8) is 0 Å². The van der Waals surface area contributed by atoms with Crippen molar-refractivity contribution >= 4 is 29.9 Å². The van der Waals surface area contributed by atoms with Crippen LogP contribution >= 0.6 is 12.4 Å². The van der Waals surface area contributed by atoms with E-state index in [1.165, 1.54) is 4.90 Å². The van der Waals surface area contributed by atoms with Crippen molar-refractivity contribution in [3.05, 3.63) is 29.3 Å². The van der Waals surface area contributed by atoms with Crippen LogP contribution in [-0.4, -0.2) is 56.1 Å². The van der Waals surface area contributed by atoms with E-state index in [1.54, 1.807) is 26.2 Å². The maximum atomic E-state index is 12.3. The molecule has 1 saturated heterocycles. The van der Waals surface area contributed by atoms with Crippen LogP contribution in [0.1, 0.15) is 22.8 Å². The van der Waals surface area contributed by atoms with Crippen molar-refractivity contribution in [2.24, 2.45) is 0 Å². The Morgan fingerprint density at radius 3 is 2.65 bits per heavy atom. The number of benzene rings is 1. The van der Waals surface area contributed by atoms with Gasteiger partial charge >= 0.3 is 0 Å². The van der Waals surface area contributed by atoms with Crippen molar-refractivity contribution in [1.29, 1.82) is 0 Å². The highest BCUT2D eigenvalue weighted by Gasteiger charge is 2.28. The van der Waals surface area contributed by atoms with Crippen LogP contribution in [0, 0.1) is 6.92 Å². The van der Waals surface area contributed by atoms with E-state index < -0.39 is 0 Å². The number of anilines is 1. The predicted molar refractivity (Wildman–Crippen MR) is 92.3 cm³/mol. The minimum atomic E-state index is -0.386. The number of hydrogen-bond donors (Lipinski definition) is 2. The summed E-state index contributed by atoms with van der Waals surface area (Å²) in [7, 11) is 3.41. The number of amides is 2. The summed E-state index contributed by atoms with van der Waals surface area (Å²) in [6.07, 6.45) is -0.179. The third kappa shape index (κ3) is 4.67. The summed E-state index contributed by atoms with van der Waals surface area (Å²) in [5.41, 5.74) is 2.08. The molecule has 1 aliphatic heterocycles. The Bertz CT molecular complexity index is 578. The van der Waals surface area contributed by atoms with Gasteiger partial charge in [0.15, 0.2) is 0 Å². The summed E-state index contributed by atoms with van der Waals surface area (Å²) < 4.78 is 5.48. The Morgan fingerprint density at radius 1 is 1.35 bits per heavy atom. The highest BCUT2D eigenvalue weighted by molar-refractivity contribution is 5.99. The zero-order chi connectivity index (χ0) is 16.3. The van der Waals surface area contributed by atoms with Crippen molar-refractivity contribution < 1.29 is 14.3 Å². The van der Waals surface area contributed by atoms with Crippen molar-refractivity contribution in [1.82, 2.24) is 10.2 Å². The lowest BCUT2D eigenvalue weighted by molar-refractivity contribution is -0.123. The Morgan fingerprint density at radius 2 is 2.04 bits per heavy atom. The number of carbonyl (C=O) groups excluding carboxylic acids is 2. The molecule has 6 nitrogen and oxygen atoms in total. The molecule has 23 heavy (non-hydrogen) atoms. The first-order valence-electron chi connectivity index (χ1n) is 7.38. The zero-order valence-corrected chi connectivity index (χ0v) is 14.7. The highest BCUT2D eigenvalue weighted by Crippen LogP contribution is 2.17. The molecule has 7 heteroatoms. The summed E-state index contributed by atoms with van der Waals surface area (Å²) in [5.74, 6) is -0.236. The quantitative estimate of drug-likeness (QED) is 0.872. The number of nitrogens with zero attached hydrogens (tertiary/aromatic N) is 1. The van der Waals surface area contributed by atoms with E-state index in [0.717, 1.165) is 5.56 Å². The first-order chi connectivity index (χ1) is 10.4. The molecule has 2 rings (SSSR count). The maximum absolute atomic E-state index is 12.3. The second-order valence-electron chi connectivity index (χ2n) is 5.73. The number of hydrogen-bond acceptors (Lipinski definition) is 4. The highest BCUT2D eigenvalue weighted by atomic mass is 35.5. The average Bonchev–Trinajstić information content (AvgIpc) is 2.48. The van der Waals surface area contributed by atoms with Gasteiger partial charge in [-0.3, -0.25) is 9.59 Å². The fourth-order valence-corrected chi connectivity index (χ4v) is 2.42. The first kappa shape index (κ1) is 19.4. The van der Waals surface area contributed by atoms with Crippen molar-refractivity contribution in [3.8, 4) is 0 Å². The van der Waals surface area contributed by atoms with E-state index in [1.807, 2.05) is 19.9 Å². The molecule has 0 aromatic heterocycles. The van der Waals surface area contributed by atoms with Crippen LogP contribution in [0.4, 0.5) is 5.69 Å². The standard InChI is InChI=1S/C16H23N3O3.ClH/c1-10-5-6-12(9-13(10)16(21)19(3)4)18-15(20)14-11(2)22-8-7-17-14;/h5-6,9,11,14,17H,7-8H2,1-4H3,(H,18,20);1H/t11-,14+;/m1./s1. The Hall–Kier alpha value is -1.63. The SMILES string of the molecule is Cc1ccc(NC(=O)[C@H]2NCCO[C@@H]2C)cc1C(=O)N(C)C.Cl. The minimum Gasteiger partial charge on any atom is -0.375 e. The molecule has 0 aliphatic carbocycles. The fraction of sp³-hybridized carbons (Fsp3) is 0.500. The van der Waals surface area contributed by atoms with Gasteiger partial charge in [0.2, 0.25) is 5.91 Å². The largest absolute Gasteiger partial charge is 0.375 e. The third-order valence-electron chi connectivity index (χ3n) is 3.74. The van der Waals surface area contributed by atoms with Gasteiger partial charge in [0.1, 0.15) is 6.04 Å². The normalized spacial score (nSPS) is 20.3. The molecule has 0 bridgehead atoms. The van der Waals surface area contributed by atoms with E-state index >= 15 is 0 Å². The Balaban J connectivity index is 0.00000264. The van der Waals surface area contributed by atoms with Crippen LogP contribution < -0.4 is 10.6 Å². The zero-order valence-electron chi connectivity index (χ0n) is 13.9. The molecule has 2 amide bonds. The van der Waals surface area contributed by atoms with Gasteiger partial charge in [0.25, 0.3) is 5.91 Å². The van der Waals surface area contributed by atoms with E-state index in [2.05, 4.69) is 10.6 Å². The van der Waals surface area contributed by atoms with Gasteiger partial charge in [-0.15, -0.1) is 12.4 Å². The van der Waals surface area contributed by atoms with Crippen molar-refractivity contribution in [2.45, 2.75) is 26.0 Å². The van der Waals surface area contributed by atoms with Crippen LogP contribution in [0.15, 0.2) is 18.2 Å². The number of morpholine rings is 1. The van der Waals surface area contributed by atoms with Gasteiger partial charge in [-0.1, -0.05) is 6.07 Å². The van der Waals surface area contributed by atoms with Crippen LogP contribution in [0.2, 0.25) is 0 Å². The summed E-state index contributed by atoms with van der Waals surface area (Å²) in [5, 5.41) is 5.99. The lowest BCUT2D eigenvalue weighted by atomic mass is 10.1. The van der Waals surface area contributed by atoms with Crippen LogP contribution in [0.5, 0.6) is 0 Å². The molecule has 128 valence electrons. The second kappa shape index (κ2) is 8.29. The van der Waals surface area contributed by atoms with Crippen molar-refractivity contribution in [2.75, 3.05) is 32.6 Å². The molecule has 2 N–H and O–H groups in total. The number of ether oxygens (including phenoxy) is 1. The summed E-state index contributed by atoms with van der Waals surface area (Å²) in [6.45, 7) is 5.01. The summed E-state index contributed by atoms with van der Waals surface area (Å²) >= 11 is 0. The van der Waals surface area contributed by atoms with E-state index in [0.29, 0.717) is 24.4 Å². The lowest BCUT2D eigenvalue weighted by Gasteiger charge is -2.29. The fourth-order valence-electron chi connectivity index (χ4n) is 2.42. The van der Waals surface area contributed by atoms with Gasteiger partial charge in [-0.05, 0) is 31.5 Å². The Labute approximate surface area is 143 Å². The molecule has 2 atom stereocenters. The maximum Gasteiger partial charge on any atom is 0.253 e. The van der Waals surface area contributed by atoms with E-state index in [-0.39, 0.29) is 36.4 Å². The van der Waals surface area contributed by atoms with Crippen LogP contribution in [0.25, 0.3) is 0 Å².